The lowest BCUT2D eigenvalue weighted by Gasteiger charge is -2.35. The minimum atomic E-state index is -0.284. The highest BCUT2D eigenvalue weighted by Crippen LogP contribution is 2.37. The number of carbonyl (C=O) groups is 2. The number of hydrogen-bond acceptors (Lipinski definition) is 2. The zero-order valence-corrected chi connectivity index (χ0v) is 12.0. The summed E-state index contributed by atoms with van der Waals surface area (Å²) in [7, 11) is 0. The largest absolute Gasteiger partial charge is 0.345 e. The van der Waals surface area contributed by atoms with Crippen LogP contribution in [0, 0.1) is 5.92 Å². The first kappa shape index (κ1) is 12.7. The second-order valence-electron chi connectivity index (χ2n) is 5.11. The van der Waals surface area contributed by atoms with Crippen molar-refractivity contribution < 1.29 is 9.59 Å². The summed E-state index contributed by atoms with van der Waals surface area (Å²) in [5.74, 6) is 0.341. The fourth-order valence-corrected chi connectivity index (χ4v) is 2.95. The summed E-state index contributed by atoms with van der Waals surface area (Å²) in [5.41, 5.74) is 1.04. The monoisotopic (exact) mass is 322 g/mol. The molecule has 5 heteroatoms. The van der Waals surface area contributed by atoms with Crippen molar-refractivity contribution in [1.29, 1.82) is 0 Å². The van der Waals surface area contributed by atoms with E-state index >= 15 is 0 Å². The molecule has 2 aliphatic rings. The van der Waals surface area contributed by atoms with Gasteiger partial charge in [-0.05, 0) is 30.4 Å². The number of amides is 2. The van der Waals surface area contributed by atoms with Crippen molar-refractivity contribution in [1.82, 2.24) is 10.2 Å². The third kappa shape index (κ3) is 2.52. The van der Waals surface area contributed by atoms with Gasteiger partial charge in [-0.1, -0.05) is 34.1 Å². The van der Waals surface area contributed by atoms with E-state index in [0.717, 1.165) is 22.9 Å². The molecule has 1 heterocycles. The summed E-state index contributed by atoms with van der Waals surface area (Å²) in [6.07, 6.45) is 2.08. The van der Waals surface area contributed by atoms with E-state index in [-0.39, 0.29) is 24.4 Å². The maximum absolute atomic E-state index is 12.1. The molecule has 0 spiro atoms. The van der Waals surface area contributed by atoms with Crippen LogP contribution in [0.15, 0.2) is 28.7 Å². The van der Waals surface area contributed by atoms with Gasteiger partial charge < -0.3 is 10.2 Å². The molecule has 100 valence electrons. The SMILES string of the molecule is O=C1NCC(=O)N(Cc2ccccc2Br)C1C1CC1. The van der Waals surface area contributed by atoms with Crippen molar-refractivity contribution in [3.63, 3.8) is 0 Å². The number of nitrogens with zero attached hydrogens (tertiary/aromatic N) is 1. The van der Waals surface area contributed by atoms with Gasteiger partial charge in [-0.3, -0.25) is 9.59 Å². The molecule has 1 aromatic carbocycles. The molecule has 0 bridgehead atoms. The number of carbonyl (C=O) groups excluding carboxylic acids is 2. The lowest BCUT2D eigenvalue weighted by molar-refractivity contribution is -0.147. The van der Waals surface area contributed by atoms with Gasteiger partial charge in [0.1, 0.15) is 6.04 Å². The Kier molecular flexibility index (Phi) is 3.31. The van der Waals surface area contributed by atoms with Gasteiger partial charge >= 0.3 is 0 Å². The Balaban J connectivity index is 1.85. The predicted molar refractivity (Wildman–Crippen MR) is 74.2 cm³/mol. The maximum Gasteiger partial charge on any atom is 0.243 e. The van der Waals surface area contributed by atoms with E-state index in [0.29, 0.717) is 12.5 Å². The van der Waals surface area contributed by atoms with Crippen molar-refractivity contribution in [2.75, 3.05) is 6.54 Å². The minimum absolute atomic E-state index is 0.00541. The first-order valence-corrected chi connectivity index (χ1v) is 7.26. The molecule has 0 aromatic heterocycles. The smallest absolute Gasteiger partial charge is 0.243 e. The number of piperazine rings is 1. The Labute approximate surface area is 120 Å². The first-order valence-electron chi connectivity index (χ1n) is 6.47. The first-order chi connectivity index (χ1) is 9.16. The molecule has 1 aliphatic carbocycles. The summed E-state index contributed by atoms with van der Waals surface area (Å²) >= 11 is 3.49. The Morgan fingerprint density at radius 3 is 2.68 bits per heavy atom. The Morgan fingerprint density at radius 2 is 2.00 bits per heavy atom. The average molecular weight is 323 g/mol. The van der Waals surface area contributed by atoms with Crippen LogP contribution in [-0.4, -0.2) is 29.3 Å². The number of halogens is 1. The summed E-state index contributed by atoms with van der Waals surface area (Å²) in [4.78, 5) is 25.8. The van der Waals surface area contributed by atoms with Gasteiger partial charge in [0.15, 0.2) is 0 Å². The number of rotatable bonds is 3. The van der Waals surface area contributed by atoms with Crippen LogP contribution in [0.5, 0.6) is 0 Å². The molecule has 2 amide bonds. The number of benzene rings is 1. The number of nitrogens with one attached hydrogen (secondary N) is 1. The second kappa shape index (κ2) is 4.96. The molecule has 1 aliphatic heterocycles. The second-order valence-corrected chi connectivity index (χ2v) is 5.97. The fraction of sp³-hybridized carbons (Fsp3) is 0.429. The molecule has 4 nitrogen and oxygen atoms in total. The van der Waals surface area contributed by atoms with Crippen LogP contribution in [0.1, 0.15) is 18.4 Å². The van der Waals surface area contributed by atoms with E-state index in [1.165, 1.54) is 0 Å². The van der Waals surface area contributed by atoms with E-state index < -0.39 is 0 Å². The van der Waals surface area contributed by atoms with Crippen LogP contribution in [0.25, 0.3) is 0 Å². The van der Waals surface area contributed by atoms with Crippen LogP contribution < -0.4 is 5.32 Å². The van der Waals surface area contributed by atoms with Crippen molar-refractivity contribution >= 4 is 27.7 Å². The fourth-order valence-electron chi connectivity index (χ4n) is 2.54. The molecule has 1 unspecified atom stereocenters. The molecule has 2 fully saturated rings. The highest BCUT2D eigenvalue weighted by Gasteiger charge is 2.44. The van der Waals surface area contributed by atoms with Gasteiger partial charge in [0, 0.05) is 11.0 Å². The molecular weight excluding hydrogens is 308 g/mol. The predicted octanol–water partition coefficient (Wildman–Crippen LogP) is 1.69. The lowest BCUT2D eigenvalue weighted by Crippen LogP contribution is -2.58. The van der Waals surface area contributed by atoms with E-state index in [2.05, 4.69) is 21.2 Å². The van der Waals surface area contributed by atoms with Gasteiger partial charge in [0.05, 0.1) is 6.54 Å². The van der Waals surface area contributed by atoms with Crippen molar-refractivity contribution in [3.8, 4) is 0 Å². The summed E-state index contributed by atoms with van der Waals surface area (Å²) in [6.45, 7) is 0.612. The average Bonchev–Trinajstić information content (AvgIpc) is 3.21. The van der Waals surface area contributed by atoms with Crippen LogP contribution in [-0.2, 0) is 16.1 Å². The van der Waals surface area contributed by atoms with E-state index in [1.54, 1.807) is 4.90 Å². The molecule has 1 aromatic rings. The third-order valence-electron chi connectivity index (χ3n) is 3.71. The topological polar surface area (TPSA) is 49.4 Å². The summed E-state index contributed by atoms with van der Waals surface area (Å²) in [5, 5.41) is 2.69. The van der Waals surface area contributed by atoms with Crippen LogP contribution in [0.3, 0.4) is 0 Å². The normalized spacial score (nSPS) is 23.4. The molecule has 19 heavy (non-hydrogen) atoms. The molecular formula is C14H15BrN2O2. The lowest BCUT2D eigenvalue weighted by atomic mass is 10.1. The highest BCUT2D eigenvalue weighted by atomic mass is 79.9. The van der Waals surface area contributed by atoms with E-state index in [1.807, 2.05) is 24.3 Å². The van der Waals surface area contributed by atoms with E-state index in [4.69, 9.17) is 0 Å². The van der Waals surface area contributed by atoms with Gasteiger partial charge in [0.25, 0.3) is 0 Å². The van der Waals surface area contributed by atoms with Crippen LogP contribution in [0.4, 0.5) is 0 Å². The Hall–Kier alpha value is -1.36. The standard InChI is InChI=1S/C14H15BrN2O2/c15-11-4-2-1-3-10(11)8-17-12(18)7-16-14(19)13(17)9-5-6-9/h1-4,9,13H,5-8H2,(H,16,19). The number of hydrogen-bond donors (Lipinski definition) is 1. The van der Waals surface area contributed by atoms with Crippen LogP contribution in [0.2, 0.25) is 0 Å². The van der Waals surface area contributed by atoms with Gasteiger partial charge in [-0.15, -0.1) is 0 Å². The zero-order chi connectivity index (χ0) is 13.4. The maximum atomic E-state index is 12.1. The quantitative estimate of drug-likeness (QED) is 0.920. The molecule has 1 saturated heterocycles. The summed E-state index contributed by atoms with van der Waals surface area (Å²) < 4.78 is 0.975. The van der Waals surface area contributed by atoms with Gasteiger partial charge in [-0.25, -0.2) is 0 Å². The molecule has 0 radical (unpaired) electrons. The highest BCUT2D eigenvalue weighted by molar-refractivity contribution is 9.10. The van der Waals surface area contributed by atoms with E-state index in [9.17, 15) is 9.59 Å². The van der Waals surface area contributed by atoms with Gasteiger partial charge in [0.2, 0.25) is 11.8 Å². The molecule has 3 rings (SSSR count). The third-order valence-corrected chi connectivity index (χ3v) is 4.48. The molecule has 1 atom stereocenters. The van der Waals surface area contributed by atoms with Crippen molar-refractivity contribution in [3.05, 3.63) is 34.3 Å². The zero-order valence-electron chi connectivity index (χ0n) is 10.4. The van der Waals surface area contributed by atoms with Gasteiger partial charge in [-0.2, -0.15) is 0 Å². The summed E-state index contributed by atoms with van der Waals surface area (Å²) in [6, 6.07) is 7.54. The Morgan fingerprint density at radius 1 is 1.26 bits per heavy atom. The van der Waals surface area contributed by atoms with Crippen LogP contribution >= 0.6 is 15.9 Å². The molecule has 1 saturated carbocycles. The van der Waals surface area contributed by atoms with Crippen molar-refractivity contribution in [2.24, 2.45) is 5.92 Å². The molecule has 1 N–H and O–H groups in total. The van der Waals surface area contributed by atoms with Crippen molar-refractivity contribution in [2.45, 2.75) is 25.4 Å². The minimum Gasteiger partial charge on any atom is -0.345 e. The Bertz CT molecular complexity index is 528.